The minimum atomic E-state index is -5.20. The van der Waals surface area contributed by atoms with Crippen molar-refractivity contribution in [2.45, 2.75) is 30.0 Å². The number of hydrogen-bond donors (Lipinski definition) is 1. The monoisotopic (exact) mass is 524 g/mol. The summed E-state index contributed by atoms with van der Waals surface area (Å²) in [4.78, 5) is 18.3. The van der Waals surface area contributed by atoms with Crippen LogP contribution in [0.15, 0.2) is 59.8 Å². The number of benzene rings is 2. The first-order valence-electron chi connectivity index (χ1n) is 10.7. The van der Waals surface area contributed by atoms with Crippen molar-refractivity contribution in [2.24, 2.45) is 0 Å². The molecule has 1 aliphatic rings. The fourth-order valence-corrected chi connectivity index (χ4v) is 5.93. The molecule has 1 saturated heterocycles. The lowest BCUT2D eigenvalue weighted by Gasteiger charge is -2.25. The summed E-state index contributed by atoms with van der Waals surface area (Å²) in [5.74, 6) is -3.32. The molecule has 4 rings (SSSR count). The van der Waals surface area contributed by atoms with Crippen LogP contribution in [0.1, 0.15) is 12.8 Å². The van der Waals surface area contributed by atoms with Crippen molar-refractivity contribution in [3.8, 4) is 22.3 Å². The number of alkyl halides is 3. The van der Waals surface area contributed by atoms with Crippen LogP contribution in [-0.4, -0.2) is 54.0 Å². The molecular formula is C23H20F4N4O4S. The Morgan fingerprint density at radius 2 is 1.69 bits per heavy atom. The molecule has 0 saturated carbocycles. The maximum Gasteiger partial charge on any atom is 0.490 e. The summed E-state index contributed by atoms with van der Waals surface area (Å²) in [6, 6.07) is 9.30. The summed E-state index contributed by atoms with van der Waals surface area (Å²) >= 11 is 0. The molecule has 13 heteroatoms. The SMILES string of the molecule is Nc1ncc(-c2ccc(-c3cccc(F)c3S(=O)(=O)N3CCC[C@H]3COC(=O)C(F)(F)F)cc2)cn1. The molecule has 2 N–H and O–H groups in total. The Labute approximate surface area is 203 Å². The van der Waals surface area contributed by atoms with E-state index in [4.69, 9.17) is 5.73 Å². The average Bonchev–Trinajstić information content (AvgIpc) is 3.32. The van der Waals surface area contributed by atoms with Gasteiger partial charge in [0.05, 0.1) is 6.04 Å². The lowest BCUT2D eigenvalue weighted by Crippen LogP contribution is -2.40. The van der Waals surface area contributed by atoms with Crippen LogP contribution in [0.3, 0.4) is 0 Å². The molecule has 36 heavy (non-hydrogen) atoms. The largest absolute Gasteiger partial charge is 0.490 e. The van der Waals surface area contributed by atoms with E-state index in [1.165, 1.54) is 24.5 Å². The maximum absolute atomic E-state index is 15.0. The molecule has 1 atom stereocenters. The van der Waals surface area contributed by atoms with Gasteiger partial charge in [-0.1, -0.05) is 36.4 Å². The van der Waals surface area contributed by atoms with E-state index in [1.807, 2.05) is 0 Å². The van der Waals surface area contributed by atoms with E-state index in [1.54, 1.807) is 24.3 Å². The minimum absolute atomic E-state index is 0.0551. The van der Waals surface area contributed by atoms with Gasteiger partial charge in [0, 0.05) is 30.1 Å². The zero-order valence-corrected chi connectivity index (χ0v) is 19.4. The van der Waals surface area contributed by atoms with Gasteiger partial charge in [-0.15, -0.1) is 0 Å². The fraction of sp³-hybridized carbons (Fsp3) is 0.261. The van der Waals surface area contributed by atoms with E-state index < -0.39 is 45.5 Å². The van der Waals surface area contributed by atoms with Crippen LogP contribution in [0.4, 0.5) is 23.5 Å². The van der Waals surface area contributed by atoms with Crippen LogP contribution in [0.2, 0.25) is 0 Å². The van der Waals surface area contributed by atoms with E-state index in [0.717, 1.165) is 10.4 Å². The normalized spacial score (nSPS) is 16.7. The Hall–Kier alpha value is -3.58. The second kappa shape index (κ2) is 9.82. The van der Waals surface area contributed by atoms with Crippen molar-refractivity contribution in [3.05, 3.63) is 60.7 Å². The Bertz CT molecular complexity index is 1360. The second-order valence-corrected chi connectivity index (χ2v) is 9.86. The highest BCUT2D eigenvalue weighted by molar-refractivity contribution is 7.89. The summed E-state index contributed by atoms with van der Waals surface area (Å²) in [6.07, 6.45) is -1.68. The molecule has 2 aromatic carbocycles. The highest BCUT2D eigenvalue weighted by Crippen LogP contribution is 2.35. The third kappa shape index (κ3) is 5.16. The number of anilines is 1. The van der Waals surface area contributed by atoms with E-state index in [0.29, 0.717) is 23.1 Å². The van der Waals surface area contributed by atoms with Crippen LogP contribution >= 0.6 is 0 Å². The first-order chi connectivity index (χ1) is 17.0. The van der Waals surface area contributed by atoms with Gasteiger partial charge in [0.25, 0.3) is 0 Å². The third-order valence-corrected chi connectivity index (χ3v) is 7.73. The zero-order chi connectivity index (χ0) is 26.1. The standard InChI is InChI=1S/C23H20F4N4O4S/c24-19-5-1-4-18(15-8-6-14(7-9-15)16-11-29-22(28)30-12-16)20(19)36(33,34)31-10-2-3-17(31)13-35-21(32)23(25,26)27/h1,4-9,11-12,17H,2-3,10,13H2,(H2,28,29,30)/t17-/m0/s1. The Morgan fingerprint density at radius 3 is 2.33 bits per heavy atom. The van der Waals surface area contributed by atoms with Crippen LogP contribution < -0.4 is 5.73 Å². The molecule has 0 unspecified atom stereocenters. The lowest BCUT2D eigenvalue weighted by atomic mass is 10.0. The lowest BCUT2D eigenvalue weighted by molar-refractivity contribution is -0.200. The number of aromatic nitrogens is 2. The number of nitrogens with two attached hydrogens (primary N) is 1. The zero-order valence-electron chi connectivity index (χ0n) is 18.6. The summed E-state index contributed by atoms with van der Waals surface area (Å²) in [5, 5.41) is 0. The molecule has 0 bridgehead atoms. The van der Waals surface area contributed by atoms with Crippen molar-refractivity contribution >= 4 is 21.9 Å². The summed E-state index contributed by atoms with van der Waals surface area (Å²) < 4.78 is 84.7. The van der Waals surface area contributed by atoms with Crippen molar-refractivity contribution in [3.63, 3.8) is 0 Å². The van der Waals surface area contributed by atoms with Gasteiger partial charge in [-0.25, -0.2) is 27.6 Å². The Morgan fingerprint density at radius 1 is 1.06 bits per heavy atom. The van der Waals surface area contributed by atoms with Gasteiger partial charge < -0.3 is 10.5 Å². The van der Waals surface area contributed by atoms with Crippen LogP contribution in [0.5, 0.6) is 0 Å². The number of ether oxygens (including phenoxy) is 1. The molecule has 2 heterocycles. The van der Waals surface area contributed by atoms with Gasteiger partial charge in [0.2, 0.25) is 16.0 Å². The van der Waals surface area contributed by atoms with Gasteiger partial charge in [-0.05, 0) is 30.0 Å². The van der Waals surface area contributed by atoms with Crippen LogP contribution in [0, 0.1) is 5.82 Å². The maximum atomic E-state index is 15.0. The number of carbonyl (C=O) groups excluding carboxylic acids is 1. The minimum Gasteiger partial charge on any atom is -0.457 e. The van der Waals surface area contributed by atoms with Crippen molar-refractivity contribution in [1.82, 2.24) is 14.3 Å². The highest BCUT2D eigenvalue weighted by Gasteiger charge is 2.43. The smallest absolute Gasteiger partial charge is 0.457 e. The van der Waals surface area contributed by atoms with Gasteiger partial charge >= 0.3 is 12.1 Å². The topological polar surface area (TPSA) is 115 Å². The van der Waals surface area contributed by atoms with Gasteiger partial charge in [-0.2, -0.15) is 17.5 Å². The number of halogens is 4. The average molecular weight is 524 g/mol. The first kappa shape index (κ1) is 25.5. The molecule has 0 amide bonds. The van der Waals surface area contributed by atoms with Crippen LogP contribution in [0.25, 0.3) is 22.3 Å². The molecule has 0 radical (unpaired) electrons. The predicted molar refractivity (Wildman–Crippen MR) is 121 cm³/mol. The number of sulfonamides is 1. The van der Waals surface area contributed by atoms with Crippen molar-refractivity contribution in [2.75, 3.05) is 18.9 Å². The van der Waals surface area contributed by atoms with Gasteiger partial charge in [0.15, 0.2) is 0 Å². The Kier molecular flexibility index (Phi) is 6.96. The summed E-state index contributed by atoms with van der Waals surface area (Å²) in [7, 11) is -4.50. The molecule has 190 valence electrons. The number of carbonyl (C=O) groups is 1. The van der Waals surface area contributed by atoms with E-state index >= 15 is 0 Å². The second-order valence-electron chi connectivity index (χ2n) is 8.03. The van der Waals surface area contributed by atoms with E-state index in [-0.39, 0.29) is 24.5 Å². The fourth-order valence-electron chi connectivity index (χ4n) is 3.99. The van der Waals surface area contributed by atoms with Crippen LogP contribution in [-0.2, 0) is 19.6 Å². The van der Waals surface area contributed by atoms with Gasteiger partial charge in [-0.3, -0.25) is 0 Å². The Balaban J connectivity index is 1.65. The van der Waals surface area contributed by atoms with E-state index in [2.05, 4.69) is 14.7 Å². The predicted octanol–water partition coefficient (Wildman–Crippen LogP) is 3.79. The summed E-state index contributed by atoms with van der Waals surface area (Å²) in [6.45, 7) is -0.847. The third-order valence-electron chi connectivity index (χ3n) is 5.70. The number of rotatable bonds is 6. The molecule has 0 aliphatic carbocycles. The molecular weight excluding hydrogens is 504 g/mol. The molecule has 0 spiro atoms. The number of esters is 1. The first-order valence-corrected chi connectivity index (χ1v) is 12.1. The molecule has 8 nitrogen and oxygen atoms in total. The van der Waals surface area contributed by atoms with E-state index in [9.17, 15) is 30.8 Å². The van der Waals surface area contributed by atoms with Crippen molar-refractivity contribution in [1.29, 1.82) is 0 Å². The number of hydrogen-bond acceptors (Lipinski definition) is 7. The molecule has 3 aromatic rings. The quantitative estimate of drug-likeness (QED) is 0.385. The molecule has 1 fully saturated rings. The number of nitrogen functional groups attached to an aromatic ring is 1. The number of nitrogens with zero attached hydrogens (tertiary/aromatic N) is 3. The van der Waals surface area contributed by atoms with Gasteiger partial charge in [0.1, 0.15) is 17.3 Å². The molecule has 1 aromatic heterocycles. The van der Waals surface area contributed by atoms with Crippen molar-refractivity contribution < 1.29 is 35.5 Å². The molecule has 1 aliphatic heterocycles. The highest BCUT2D eigenvalue weighted by atomic mass is 32.2. The summed E-state index contributed by atoms with van der Waals surface area (Å²) in [5.41, 5.74) is 7.35.